The Kier molecular flexibility index (Phi) is 6.24. The van der Waals surface area contributed by atoms with Crippen LogP contribution in [0, 0.1) is 5.92 Å². The third-order valence-corrected chi connectivity index (χ3v) is 4.93. The van der Waals surface area contributed by atoms with Crippen LogP contribution in [0.3, 0.4) is 0 Å². The molecule has 2 N–H and O–H groups in total. The standard InChI is InChI=1S/C19H29N3O2/c1-15-5-4-9-22(13-15)14-17-7-3-2-6-16(17)11-21-19(23)18-12-20-8-10-24-18/h2-3,6-7,15,18,20H,4-5,8-14H2,1H3,(H,21,23)/t15-,18-/m0/s1. The molecule has 1 aromatic rings. The second-order valence-electron chi connectivity index (χ2n) is 7.03. The van der Waals surface area contributed by atoms with Gasteiger partial charge in [-0.25, -0.2) is 0 Å². The van der Waals surface area contributed by atoms with Crippen molar-refractivity contribution < 1.29 is 9.53 Å². The molecular weight excluding hydrogens is 302 g/mol. The lowest BCUT2D eigenvalue weighted by atomic mass is 9.99. The molecule has 0 unspecified atom stereocenters. The highest BCUT2D eigenvalue weighted by atomic mass is 16.5. The molecule has 2 fully saturated rings. The summed E-state index contributed by atoms with van der Waals surface area (Å²) < 4.78 is 5.51. The van der Waals surface area contributed by atoms with Gasteiger partial charge in [-0.15, -0.1) is 0 Å². The minimum atomic E-state index is -0.367. The number of rotatable bonds is 5. The summed E-state index contributed by atoms with van der Waals surface area (Å²) in [5.41, 5.74) is 2.52. The third kappa shape index (κ3) is 4.79. The van der Waals surface area contributed by atoms with Gasteiger partial charge in [0.05, 0.1) is 6.61 Å². The molecule has 2 saturated heterocycles. The Balaban J connectivity index is 1.56. The van der Waals surface area contributed by atoms with Gasteiger partial charge >= 0.3 is 0 Å². The van der Waals surface area contributed by atoms with Crippen molar-refractivity contribution in [3.05, 3.63) is 35.4 Å². The van der Waals surface area contributed by atoms with E-state index in [1.165, 1.54) is 37.1 Å². The first-order valence-electron chi connectivity index (χ1n) is 9.11. The van der Waals surface area contributed by atoms with E-state index in [4.69, 9.17) is 4.74 Å². The minimum Gasteiger partial charge on any atom is -0.366 e. The highest BCUT2D eigenvalue weighted by Crippen LogP contribution is 2.19. The second kappa shape index (κ2) is 8.60. The van der Waals surface area contributed by atoms with Crippen LogP contribution in [-0.4, -0.2) is 49.7 Å². The van der Waals surface area contributed by atoms with Crippen molar-refractivity contribution in [3.8, 4) is 0 Å². The van der Waals surface area contributed by atoms with Gasteiger partial charge in [-0.3, -0.25) is 9.69 Å². The summed E-state index contributed by atoms with van der Waals surface area (Å²) in [5, 5.41) is 6.22. The number of morpholine rings is 1. The van der Waals surface area contributed by atoms with Crippen LogP contribution in [0.25, 0.3) is 0 Å². The van der Waals surface area contributed by atoms with E-state index >= 15 is 0 Å². The van der Waals surface area contributed by atoms with Crippen molar-refractivity contribution in [2.45, 2.75) is 39.0 Å². The van der Waals surface area contributed by atoms with Crippen LogP contribution in [0.5, 0.6) is 0 Å². The lowest BCUT2D eigenvalue weighted by molar-refractivity contribution is -0.134. The third-order valence-electron chi connectivity index (χ3n) is 4.93. The molecule has 0 spiro atoms. The Morgan fingerprint density at radius 2 is 2.21 bits per heavy atom. The number of hydrogen-bond donors (Lipinski definition) is 2. The van der Waals surface area contributed by atoms with Gasteiger partial charge in [-0.05, 0) is 36.4 Å². The number of likely N-dealkylation sites (tertiary alicyclic amines) is 1. The van der Waals surface area contributed by atoms with Crippen LogP contribution < -0.4 is 10.6 Å². The molecule has 132 valence electrons. The first-order valence-corrected chi connectivity index (χ1v) is 9.11. The van der Waals surface area contributed by atoms with E-state index in [0.717, 1.165) is 19.0 Å². The van der Waals surface area contributed by atoms with Crippen molar-refractivity contribution >= 4 is 5.91 Å². The number of ether oxygens (including phenoxy) is 1. The van der Waals surface area contributed by atoms with Crippen molar-refractivity contribution in [3.63, 3.8) is 0 Å². The molecule has 0 saturated carbocycles. The summed E-state index contributed by atoms with van der Waals surface area (Å²) in [6, 6.07) is 8.42. The Morgan fingerprint density at radius 3 is 2.96 bits per heavy atom. The van der Waals surface area contributed by atoms with E-state index in [9.17, 15) is 4.79 Å². The normalized spacial score (nSPS) is 25.4. The lowest BCUT2D eigenvalue weighted by Crippen LogP contribution is -2.47. The number of benzene rings is 1. The molecule has 24 heavy (non-hydrogen) atoms. The molecule has 3 rings (SSSR count). The number of carbonyl (C=O) groups is 1. The Bertz CT molecular complexity index is 543. The van der Waals surface area contributed by atoms with Crippen molar-refractivity contribution in [1.29, 1.82) is 0 Å². The Labute approximate surface area is 144 Å². The van der Waals surface area contributed by atoms with Crippen LogP contribution in [0.1, 0.15) is 30.9 Å². The fourth-order valence-corrected chi connectivity index (χ4v) is 3.59. The monoisotopic (exact) mass is 331 g/mol. The average molecular weight is 331 g/mol. The predicted octanol–water partition coefficient (Wildman–Crippen LogP) is 1.52. The first kappa shape index (κ1) is 17.4. The second-order valence-corrected chi connectivity index (χ2v) is 7.03. The van der Waals surface area contributed by atoms with E-state index in [2.05, 4.69) is 40.7 Å². The summed E-state index contributed by atoms with van der Waals surface area (Å²) >= 11 is 0. The lowest BCUT2D eigenvalue weighted by Gasteiger charge is -2.31. The maximum Gasteiger partial charge on any atom is 0.250 e. The molecule has 2 aliphatic heterocycles. The van der Waals surface area contributed by atoms with E-state index in [-0.39, 0.29) is 12.0 Å². The molecule has 0 aromatic heterocycles. The Morgan fingerprint density at radius 1 is 1.38 bits per heavy atom. The molecule has 0 aliphatic carbocycles. The van der Waals surface area contributed by atoms with E-state index in [1.54, 1.807) is 0 Å². The molecule has 2 heterocycles. The van der Waals surface area contributed by atoms with E-state index in [1.807, 2.05) is 6.07 Å². The van der Waals surface area contributed by atoms with Crippen molar-refractivity contribution in [1.82, 2.24) is 15.5 Å². The zero-order chi connectivity index (χ0) is 16.8. The minimum absolute atomic E-state index is 0.0244. The van der Waals surface area contributed by atoms with Crippen LogP contribution in [0.15, 0.2) is 24.3 Å². The van der Waals surface area contributed by atoms with Gasteiger partial charge < -0.3 is 15.4 Å². The molecule has 0 radical (unpaired) electrons. The number of piperidine rings is 1. The molecular formula is C19H29N3O2. The van der Waals surface area contributed by atoms with Crippen LogP contribution >= 0.6 is 0 Å². The number of nitrogens with zero attached hydrogens (tertiary/aromatic N) is 1. The highest BCUT2D eigenvalue weighted by molar-refractivity contribution is 5.81. The smallest absolute Gasteiger partial charge is 0.250 e. The number of nitrogens with one attached hydrogen (secondary N) is 2. The van der Waals surface area contributed by atoms with Crippen LogP contribution in [0.4, 0.5) is 0 Å². The summed E-state index contributed by atoms with van der Waals surface area (Å²) in [6.07, 6.45) is 2.25. The predicted molar refractivity (Wildman–Crippen MR) is 94.6 cm³/mol. The van der Waals surface area contributed by atoms with Gasteiger partial charge in [0.15, 0.2) is 0 Å². The molecule has 0 bridgehead atoms. The number of amides is 1. The fourth-order valence-electron chi connectivity index (χ4n) is 3.59. The first-order chi connectivity index (χ1) is 11.7. The Hall–Kier alpha value is -1.43. The highest BCUT2D eigenvalue weighted by Gasteiger charge is 2.22. The van der Waals surface area contributed by atoms with Gasteiger partial charge in [0.1, 0.15) is 6.10 Å². The summed E-state index contributed by atoms with van der Waals surface area (Å²) in [5.74, 6) is 0.755. The zero-order valence-electron chi connectivity index (χ0n) is 14.6. The molecule has 1 aromatic carbocycles. The van der Waals surface area contributed by atoms with E-state index in [0.29, 0.717) is 19.7 Å². The van der Waals surface area contributed by atoms with Gasteiger partial charge in [0.25, 0.3) is 5.91 Å². The van der Waals surface area contributed by atoms with Gasteiger partial charge in [-0.2, -0.15) is 0 Å². The topological polar surface area (TPSA) is 53.6 Å². The van der Waals surface area contributed by atoms with Crippen molar-refractivity contribution in [2.75, 3.05) is 32.8 Å². The summed E-state index contributed by atoms with van der Waals surface area (Å²) in [6.45, 7) is 8.23. The maximum absolute atomic E-state index is 12.2. The van der Waals surface area contributed by atoms with E-state index < -0.39 is 0 Å². The molecule has 2 atom stereocenters. The zero-order valence-corrected chi connectivity index (χ0v) is 14.6. The number of hydrogen-bond acceptors (Lipinski definition) is 4. The van der Waals surface area contributed by atoms with Crippen LogP contribution in [-0.2, 0) is 22.6 Å². The summed E-state index contributed by atoms with van der Waals surface area (Å²) in [7, 11) is 0. The SMILES string of the molecule is C[C@H]1CCCN(Cc2ccccc2CNC(=O)[C@@H]2CNCCO2)C1. The molecule has 1 amide bonds. The average Bonchev–Trinajstić information content (AvgIpc) is 2.61. The molecule has 2 aliphatic rings. The largest absolute Gasteiger partial charge is 0.366 e. The molecule has 5 nitrogen and oxygen atoms in total. The van der Waals surface area contributed by atoms with Gasteiger partial charge in [-0.1, -0.05) is 31.2 Å². The summed E-state index contributed by atoms with van der Waals surface area (Å²) in [4.78, 5) is 14.8. The maximum atomic E-state index is 12.2. The van der Waals surface area contributed by atoms with Gasteiger partial charge in [0, 0.05) is 32.7 Å². The van der Waals surface area contributed by atoms with Crippen LogP contribution in [0.2, 0.25) is 0 Å². The van der Waals surface area contributed by atoms with Gasteiger partial charge in [0.2, 0.25) is 0 Å². The van der Waals surface area contributed by atoms with Crippen molar-refractivity contribution in [2.24, 2.45) is 5.92 Å². The quantitative estimate of drug-likeness (QED) is 0.859. The molecule has 5 heteroatoms. The number of carbonyl (C=O) groups excluding carboxylic acids is 1. The fraction of sp³-hybridized carbons (Fsp3) is 0.632.